The number of halogens is 2. The summed E-state index contributed by atoms with van der Waals surface area (Å²) in [4.78, 5) is 14.5. The molecule has 0 radical (unpaired) electrons. The number of carbonyl (C=O) groups excluding carboxylic acids is 1. The van der Waals surface area contributed by atoms with Gasteiger partial charge in [-0.05, 0) is 49.9 Å². The van der Waals surface area contributed by atoms with Crippen molar-refractivity contribution in [3.63, 3.8) is 0 Å². The van der Waals surface area contributed by atoms with Crippen LogP contribution in [0.4, 0.5) is 0 Å². The first-order chi connectivity index (χ1) is 9.69. The summed E-state index contributed by atoms with van der Waals surface area (Å²) in [6.07, 6.45) is 3.11. The Morgan fingerprint density at radius 2 is 2.05 bits per heavy atom. The Morgan fingerprint density at radius 3 is 2.67 bits per heavy atom. The van der Waals surface area contributed by atoms with Crippen LogP contribution < -0.4 is 5.32 Å². The summed E-state index contributed by atoms with van der Waals surface area (Å²) in [5.74, 6) is 0.896. The first kappa shape index (κ1) is 16.6. The van der Waals surface area contributed by atoms with E-state index in [9.17, 15) is 4.79 Å². The molecule has 116 valence electrons. The maximum atomic E-state index is 12.5. The average Bonchev–Trinajstić information content (AvgIpc) is 3.27. The minimum atomic E-state index is 0. The fourth-order valence-corrected chi connectivity index (χ4v) is 3.40. The van der Waals surface area contributed by atoms with E-state index in [2.05, 4.69) is 11.4 Å². The van der Waals surface area contributed by atoms with Gasteiger partial charge in [0.15, 0.2) is 0 Å². The quantitative estimate of drug-likeness (QED) is 0.924. The van der Waals surface area contributed by atoms with Gasteiger partial charge in [0.1, 0.15) is 0 Å². The van der Waals surface area contributed by atoms with Crippen molar-refractivity contribution in [2.24, 2.45) is 5.92 Å². The molecule has 5 heteroatoms. The van der Waals surface area contributed by atoms with Crippen LogP contribution in [0.25, 0.3) is 0 Å². The maximum Gasteiger partial charge on any atom is 0.226 e. The highest BCUT2D eigenvalue weighted by Gasteiger charge is 2.46. The van der Waals surface area contributed by atoms with E-state index in [0.717, 1.165) is 37.4 Å². The van der Waals surface area contributed by atoms with E-state index in [4.69, 9.17) is 11.6 Å². The third-order valence-corrected chi connectivity index (χ3v) is 4.83. The molecular formula is C16H22Cl2N2O. The van der Waals surface area contributed by atoms with Crippen molar-refractivity contribution >= 4 is 29.9 Å². The van der Waals surface area contributed by atoms with Crippen LogP contribution in [0.15, 0.2) is 24.3 Å². The summed E-state index contributed by atoms with van der Waals surface area (Å²) in [5, 5.41) is 4.06. The molecule has 0 spiro atoms. The van der Waals surface area contributed by atoms with Gasteiger partial charge in [0.2, 0.25) is 5.91 Å². The smallest absolute Gasteiger partial charge is 0.226 e. The molecule has 1 amide bonds. The van der Waals surface area contributed by atoms with Crippen molar-refractivity contribution in [1.82, 2.24) is 10.2 Å². The zero-order valence-electron chi connectivity index (χ0n) is 12.2. The monoisotopic (exact) mass is 328 g/mol. The minimum absolute atomic E-state index is 0. The Labute approximate surface area is 137 Å². The van der Waals surface area contributed by atoms with E-state index in [0.29, 0.717) is 17.9 Å². The lowest BCUT2D eigenvalue weighted by molar-refractivity contribution is -0.133. The highest BCUT2D eigenvalue weighted by atomic mass is 35.5. The molecule has 21 heavy (non-hydrogen) atoms. The third-order valence-electron chi connectivity index (χ3n) is 4.60. The summed E-state index contributed by atoms with van der Waals surface area (Å²) in [5.41, 5.74) is 1.21. The van der Waals surface area contributed by atoms with E-state index in [1.165, 1.54) is 5.56 Å². The largest absolute Gasteiger partial charge is 0.342 e. The summed E-state index contributed by atoms with van der Waals surface area (Å²) < 4.78 is 0. The second-order valence-corrected chi connectivity index (χ2v) is 6.33. The molecule has 0 bridgehead atoms. The fraction of sp³-hybridized carbons (Fsp3) is 0.562. The molecule has 1 aromatic rings. The van der Waals surface area contributed by atoms with Gasteiger partial charge in [-0.2, -0.15) is 0 Å². The van der Waals surface area contributed by atoms with Gasteiger partial charge in [0.05, 0.1) is 0 Å². The van der Waals surface area contributed by atoms with Crippen molar-refractivity contribution in [3.05, 3.63) is 34.9 Å². The minimum Gasteiger partial charge on any atom is -0.342 e. The highest BCUT2D eigenvalue weighted by Crippen LogP contribution is 2.49. The van der Waals surface area contributed by atoms with Crippen molar-refractivity contribution in [1.29, 1.82) is 0 Å². The van der Waals surface area contributed by atoms with Crippen LogP contribution in [0.2, 0.25) is 5.02 Å². The molecule has 2 atom stereocenters. The van der Waals surface area contributed by atoms with Crippen molar-refractivity contribution in [3.8, 4) is 0 Å². The van der Waals surface area contributed by atoms with Gasteiger partial charge in [0.25, 0.3) is 0 Å². The van der Waals surface area contributed by atoms with Gasteiger partial charge >= 0.3 is 0 Å². The van der Waals surface area contributed by atoms with Crippen molar-refractivity contribution < 1.29 is 4.79 Å². The lowest BCUT2D eigenvalue weighted by atomic mass is 10.0. The standard InChI is InChI=1S/C16H21ClN2O.ClH/c1-18-13-5-7-19(8-6-13)16(20)15-10-14(15)11-3-2-4-12(17)9-11;/h2-4,9,13-15,18H,5-8,10H2,1H3;1H. The van der Waals surface area contributed by atoms with Gasteiger partial charge < -0.3 is 10.2 Å². The Bertz CT molecular complexity index is 501. The Morgan fingerprint density at radius 1 is 1.33 bits per heavy atom. The van der Waals surface area contributed by atoms with Crippen molar-refractivity contribution in [2.45, 2.75) is 31.2 Å². The third kappa shape index (κ3) is 3.71. The van der Waals surface area contributed by atoms with Gasteiger partial charge in [0, 0.05) is 30.1 Å². The van der Waals surface area contributed by atoms with Crippen LogP contribution in [-0.2, 0) is 4.79 Å². The summed E-state index contributed by atoms with van der Waals surface area (Å²) >= 11 is 6.02. The second-order valence-electron chi connectivity index (χ2n) is 5.89. The molecule has 2 unspecified atom stereocenters. The first-order valence-corrected chi connectivity index (χ1v) is 7.78. The SMILES string of the molecule is CNC1CCN(C(=O)C2CC2c2cccc(Cl)c2)CC1.Cl. The number of amides is 1. The number of hydrogen-bond acceptors (Lipinski definition) is 2. The van der Waals surface area contributed by atoms with Gasteiger partial charge in [-0.25, -0.2) is 0 Å². The normalized spacial score (nSPS) is 25.3. The van der Waals surface area contributed by atoms with Gasteiger partial charge in [-0.3, -0.25) is 4.79 Å². The zero-order valence-corrected chi connectivity index (χ0v) is 13.8. The molecule has 1 aliphatic carbocycles. The first-order valence-electron chi connectivity index (χ1n) is 7.40. The Kier molecular flexibility index (Phi) is 5.53. The molecule has 1 aromatic carbocycles. The lowest BCUT2D eigenvalue weighted by Gasteiger charge is -2.32. The molecule has 2 aliphatic rings. The van der Waals surface area contributed by atoms with E-state index >= 15 is 0 Å². The van der Waals surface area contributed by atoms with E-state index < -0.39 is 0 Å². The number of carbonyl (C=O) groups is 1. The predicted molar refractivity (Wildman–Crippen MR) is 88.2 cm³/mol. The second kappa shape index (κ2) is 6.99. The Balaban J connectivity index is 0.00000161. The topological polar surface area (TPSA) is 32.3 Å². The van der Waals surface area contributed by atoms with Crippen LogP contribution in [0.1, 0.15) is 30.7 Å². The molecule has 3 nitrogen and oxygen atoms in total. The van der Waals surface area contributed by atoms with Crippen LogP contribution in [-0.4, -0.2) is 37.0 Å². The van der Waals surface area contributed by atoms with Crippen LogP contribution in [0, 0.1) is 5.92 Å². The fourth-order valence-electron chi connectivity index (χ4n) is 3.20. The number of hydrogen-bond donors (Lipinski definition) is 1. The van der Waals surface area contributed by atoms with Gasteiger partial charge in [-0.1, -0.05) is 23.7 Å². The van der Waals surface area contributed by atoms with Crippen LogP contribution >= 0.6 is 24.0 Å². The van der Waals surface area contributed by atoms with Gasteiger partial charge in [-0.15, -0.1) is 12.4 Å². The predicted octanol–water partition coefficient (Wildman–Crippen LogP) is 3.08. The lowest BCUT2D eigenvalue weighted by Crippen LogP contribution is -2.44. The summed E-state index contributed by atoms with van der Waals surface area (Å²) in [6, 6.07) is 8.49. The maximum absolute atomic E-state index is 12.5. The summed E-state index contributed by atoms with van der Waals surface area (Å²) in [7, 11) is 2.00. The zero-order chi connectivity index (χ0) is 14.1. The molecule has 1 heterocycles. The molecule has 1 saturated heterocycles. The summed E-state index contributed by atoms with van der Waals surface area (Å²) in [6.45, 7) is 1.78. The Hall–Kier alpha value is -0.770. The molecule has 0 aromatic heterocycles. The number of piperidine rings is 1. The number of rotatable bonds is 3. The molecule has 1 saturated carbocycles. The molecule has 1 aliphatic heterocycles. The average molecular weight is 329 g/mol. The number of benzene rings is 1. The molecule has 1 N–H and O–H groups in total. The highest BCUT2D eigenvalue weighted by molar-refractivity contribution is 6.30. The van der Waals surface area contributed by atoms with Crippen LogP contribution in [0.3, 0.4) is 0 Å². The molecule has 3 rings (SSSR count). The van der Waals surface area contributed by atoms with Crippen LogP contribution in [0.5, 0.6) is 0 Å². The van der Waals surface area contributed by atoms with E-state index in [1.807, 2.05) is 30.1 Å². The van der Waals surface area contributed by atoms with E-state index in [-0.39, 0.29) is 18.3 Å². The van der Waals surface area contributed by atoms with E-state index in [1.54, 1.807) is 0 Å². The molecule has 2 fully saturated rings. The number of nitrogens with one attached hydrogen (secondary N) is 1. The van der Waals surface area contributed by atoms with Crippen molar-refractivity contribution in [2.75, 3.05) is 20.1 Å². The molecular weight excluding hydrogens is 307 g/mol. The number of likely N-dealkylation sites (tertiary alicyclic amines) is 1. The number of nitrogens with zero attached hydrogens (tertiary/aromatic N) is 1.